The van der Waals surface area contributed by atoms with Crippen LogP contribution < -0.4 is 0 Å². The molecule has 4 heteroatoms. The maximum atomic E-state index is 13.5. The molecule has 1 aromatic heterocycles. The summed E-state index contributed by atoms with van der Waals surface area (Å²) in [4.78, 5) is 0. The van der Waals surface area contributed by atoms with E-state index in [1.807, 2.05) is 0 Å². The molecule has 2 aromatic rings. The van der Waals surface area contributed by atoms with Gasteiger partial charge in [-0.05, 0) is 36.8 Å². The molecule has 17 heavy (non-hydrogen) atoms. The first-order valence-corrected chi connectivity index (χ1v) is 5.62. The monoisotopic (exact) mass is 254 g/mol. The van der Waals surface area contributed by atoms with Crippen molar-refractivity contribution < 1.29 is 13.9 Å². The Kier molecular flexibility index (Phi) is 3.50. The lowest BCUT2D eigenvalue weighted by Crippen LogP contribution is -2.02. The Morgan fingerprint density at radius 2 is 2.12 bits per heavy atom. The third-order valence-electron chi connectivity index (χ3n) is 2.52. The van der Waals surface area contributed by atoms with Crippen molar-refractivity contribution in [2.45, 2.75) is 19.4 Å². The summed E-state index contributed by atoms with van der Waals surface area (Å²) in [7, 11) is 0. The van der Waals surface area contributed by atoms with Crippen molar-refractivity contribution in [3.05, 3.63) is 58.3 Å². The zero-order valence-electron chi connectivity index (χ0n) is 9.28. The van der Waals surface area contributed by atoms with Crippen LogP contribution >= 0.6 is 11.6 Å². The van der Waals surface area contributed by atoms with Crippen LogP contribution in [0.25, 0.3) is 0 Å². The number of furan rings is 1. The molecule has 90 valence electrons. The van der Waals surface area contributed by atoms with E-state index in [1.165, 1.54) is 6.07 Å². The number of rotatable bonds is 3. The van der Waals surface area contributed by atoms with Gasteiger partial charge in [0.1, 0.15) is 23.4 Å². The lowest BCUT2D eigenvalue weighted by Gasteiger charge is -2.08. The molecule has 1 N–H and O–H groups in total. The quantitative estimate of drug-likeness (QED) is 0.907. The summed E-state index contributed by atoms with van der Waals surface area (Å²) in [6.45, 7) is 1.79. The molecular formula is C13H12ClFO2. The average molecular weight is 255 g/mol. The Labute approximate surface area is 104 Å². The molecule has 0 radical (unpaired) electrons. The largest absolute Gasteiger partial charge is 0.464 e. The number of hydrogen-bond donors (Lipinski definition) is 1. The van der Waals surface area contributed by atoms with Gasteiger partial charge >= 0.3 is 0 Å². The van der Waals surface area contributed by atoms with E-state index in [0.717, 1.165) is 5.76 Å². The number of aliphatic hydroxyl groups is 1. The highest BCUT2D eigenvalue weighted by Gasteiger charge is 2.14. The van der Waals surface area contributed by atoms with Crippen LogP contribution in [-0.4, -0.2) is 5.11 Å². The lowest BCUT2D eigenvalue weighted by atomic mass is 10.1. The van der Waals surface area contributed by atoms with Gasteiger partial charge in [0.2, 0.25) is 0 Å². The molecule has 0 spiro atoms. The van der Waals surface area contributed by atoms with E-state index >= 15 is 0 Å². The molecule has 2 rings (SSSR count). The highest BCUT2D eigenvalue weighted by atomic mass is 35.5. The van der Waals surface area contributed by atoms with Gasteiger partial charge in [-0.2, -0.15) is 0 Å². The van der Waals surface area contributed by atoms with Gasteiger partial charge in [-0.25, -0.2) is 4.39 Å². The molecular weight excluding hydrogens is 243 g/mol. The molecule has 1 aromatic carbocycles. The summed E-state index contributed by atoms with van der Waals surface area (Å²) < 4.78 is 18.8. The van der Waals surface area contributed by atoms with Crippen molar-refractivity contribution in [3.8, 4) is 0 Å². The minimum atomic E-state index is -0.848. The van der Waals surface area contributed by atoms with E-state index in [-0.39, 0.29) is 6.42 Å². The highest BCUT2D eigenvalue weighted by molar-refractivity contribution is 6.30. The van der Waals surface area contributed by atoms with E-state index in [9.17, 15) is 9.50 Å². The third kappa shape index (κ3) is 2.87. The molecule has 0 aliphatic heterocycles. The van der Waals surface area contributed by atoms with Crippen LogP contribution in [-0.2, 0) is 6.42 Å². The number of benzene rings is 1. The van der Waals surface area contributed by atoms with Crippen LogP contribution in [0, 0.1) is 12.7 Å². The molecule has 0 aliphatic rings. The van der Waals surface area contributed by atoms with Gasteiger partial charge in [-0.3, -0.25) is 0 Å². The summed E-state index contributed by atoms with van der Waals surface area (Å²) in [6.07, 6.45) is -0.685. The summed E-state index contributed by atoms with van der Waals surface area (Å²) in [5, 5.41) is 10.2. The number of hydrogen-bond acceptors (Lipinski definition) is 2. The van der Waals surface area contributed by atoms with Gasteiger partial charge in [0, 0.05) is 11.4 Å². The predicted octanol–water partition coefficient (Wildman–Crippen LogP) is 3.66. The van der Waals surface area contributed by atoms with Gasteiger partial charge in [0.05, 0.1) is 0 Å². The van der Waals surface area contributed by atoms with Gasteiger partial charge in [-0.1, -0.05) is 17.7 Å². The molecule has 1 heterocycles. The Morgan fingerprint density at radius 1 is 1.35 bits per heavy atom. The Bertz CT molecular complexity index is 522. The van der Waals surface area contributed by atoms with Crippen molar-refractivity contribution in [2.24, 2.45) is 0 Å². The van der Waals surface area contributed by atoms with Crippen LogP contribution in [0.3, 0.4) is 0 Å². The molecule has 0 amide bonds. The second-order valence-electron chi connectivity index (χ2n) is 3.90. The minimum absolute atomic E-state index is 0.163. The number of aliphatic hydroxyl groups excluding tert-OH is 1. The summed E-state index contributed by atoms with van der Waals surface area (Å²) >= 11 is 5.65. The number of aryl methyl sites for hydroxylation is 1. The normalized spacial score (nSPS) is 12.7. The first kappa shape index (κ1) is 12.1. The fourth-order valence-corrected chi connectivity index (χ4v) is 1.79. The van der Waals surface area contributed by atoms with Gasteiger partial charge in [0.15, 0.2) is 0 Å². The summed E-state index contributed by atoms with van der Waals surface area (Å²) in [5.74, 6) is 0.743. The maximum absolute atomic E-state index is 13.5. The average Bonchev–Trinajstić information content (AvgIpc) is 2.69. The summed E-state index contributed by atoms with van der Waals surface area (Å²) in [5.41, 5.74) is 0.413. The topological polar surface area (TPSA) is 33.4 Å². The fraction of sp³-hybridized carbons (Fsp3) is 0.231. The van der Waals surface area contributed by atoms with Crippen LogP contribution in [0.4, 0.5) is 4.39 Å². The van der Waals surface area contributed by atoms with Crippen LogP contribution in [0.15, 0.2) is 34.7 Å². The van der Waals surface area contributed by atoms with E-state index in [4.69, 9.17) is 16.0 Å². The zero-order chi connectivity index (χ0) is 12.4. The summed E-state index contributed by atoms with van der Waals surface area (Å²) in [6, 6.07) is 7.85. The minimum Gasteiger partial charge on any atom is -0.464 e. The predicted molar refractivity (Wildman–Crippen MR) is 63.5 cm³/mol. The zero-order valence-corrected chi connectivity index (χ0v) is 10.0. The number of halogens is 2. The van der Waals surface area contributed by atoms with Crippen molar-refractivity contribution >= 4 is 11.6 Å². The van der Waals surface area contributed by atoms with Crippen molar-refractivity contribution in [1.29, 1.82) is 0 Å². The standard InChI is InChI=1S/C13H12ClFO2/c1-8-2-5-13(17-8)12(16)6-9-3-4-10(14)7-11(9)15/h2-5,7,12,16H,6H2,1H3. The Balaban J connectivity index is 2.15. The molecule has 0 fully saturated rings. The molecule has 0 aliphatic carbocycles. The maximum Gasteiger partial charge on any atom is 0.132 e. The Morgan fingerprint density at radius 3 is 2.71 bits per heavy atom. The first-order chi connectivity index (χ1) is 8.06. The van der Waals surface area contributed by atoms with Gasteiger partial charge in [0.25, 0.3) is 0 Å². The molecule has 0 saturated carbocycles. The van der Waals surface area contributed by atoms with Crippen LogP contribution in [0.5, 0.6) is 0 Å². The van der Waals surface area contributed by atoms with Crippen molar-refractivity contribution in [1.82, 2.24) is 0 Å². The second kappa shape index (κ2) is 4.90. The van der Waals surface area contributed by atoms with E-state index in [2.05, 4.69) is 0 Å². The molecule has 1 unspecified atom stereocenters. The molecule has 1 atom stereocenters. The first-order valence-electron chi connectivity index (χ1n) is 5.24. The SMILES string of the molecule is Cc1ccc(C(O)Cc2ccc(Cl)cc2F)o1. The third-order valence-corrected chi connectivity index (χ3v) is 2.75. The van der Waals surface area contributed by atoms with E-state index < -0.39 is 11.9 Å². The van der Waals surface area contributed by atoms with E-state index in [0.29, 0.717) is 16.3 Å². The lowest BCUT2D eigenvalue weighted by molar-refractivity contribution is 0.147. The second-order valence-corrected chi connectivity index (χ2v) is 4.34. The van der Waals surface area contributed by atoms with Crippen LogP contribution in [0.2, 0.25) is 5.02 Å². The van der Waals surface area contributed by atoms with Gasteiger partial charge < -0.3 is 9.52 Å². The van der Waals surface area contributed by atoms with Crippen molar-refractivity contribution in [3.63, 3.8) is 0 Å². The Hall–Kier alpha value is -1.32. The molecule has 0 bridgehead atoms. The fourth-order valence-electron chi connectivity index (χ4n) is 1.63. The smallest absolute Gasteiger partial charge is 0.132 e. The van der Waals surface area contributed by atoms with Gasteiger partial charge in [-0.15, -0.1) is 0 Å². The van der Waals surface area contributed by atoms with E-state index in [1.54, 1.807) is 31.2 Å². The van der Waals surface area contributed by atoms with Crippen molar-refractivity contribution in [2.75, 3.05) is 0 Å². The van der Waals surface area contributed by atoms with Crippen LogP contribution in [0.1, 0.15) is 23.2 Å². The molecule has 0 saturated heterocycles. The highest BCUT2D eigenvalue weighted by Crippen LogP contribution is 2.23. The molecule has 2 nitrogen and oxygen atoms in total.